The van der Waals surface area contributed by atoms with Gasteiger partial charge in [0.2, 0.25) is 0 Å². The number of para-hydroxylation sites is 1. The van der Waals surface area contributed by atoms with Crippen molar-refractivity contribution in [2.45, 2.75) is 6.92 Å². The third-order valence-corrected chi connectivity index (χ3v) is 4.50. The molecule has 0 bridgehead atoms. The summed E-state index contributed by atoms with van der Waals surface area (Å²) in [7, 11) is 3.66. The SMILES string of the molecule is Cc1cc(NC(=O)NC(=O)c2ccccc2N(C)C)ccc1Oc1ncc(Br)cn1.Cl. The zero-order valence-corrected chi connectivity index (χ0v) is 19.5. The predicted molar refractivity (Wildman–Crippen MR) is 125 cm³/mol. The van der Waals surface area contributed by atoms with Crippen LogP contribution in [0.5, 0.6) is 11.8 Å². The van der Waals surface area contributed by atoms with Crippen molar-refractivity contribution in [1.29, 1.82) is 0 Å². The standard InChI is InChI=1S/C21H20BrN5O3.ClH/c1-13-10-15(8-9-18(13)30-21-23-11-14(22)12-24-21)25-20(29)26-19(28)16-6-4-5-7-17(16)27(2)3;/h4-12H,1-3H3,(H2,25,26,28,29);1H. The number of hydrogen-bond acceptors (Lipinski definition) is 6. The highest BCUT2D eigenvalue weighted by molar-refractivity contribution is 9.10. The largest absolute Gasteiger partial charge is 0.424 e. The first-order valence-corrected chi connectivity index (χ1v) is 9.77. The Labute approximate surface area is 194 Å². The Balaban J connectivity index is 0.00000341. The minimum Gasteiger partial charge on any atom is -0.424 e. The zero-order chi connectivity index (χ0) is 21.7. The maximum atomic E-state index is 12.5. The summed E-state index contributed by atoms with van der Waals surface area (Å²) in [4.78, 5) is 34.7. The van der Waals surface area contributed by atoms with Crippen molar-refractivity contribution in [1.82, 2.24) is 15.3 Å². The quantitative estimate of drug-likeness (QED) is 0.516. The maximum absolute atomic E-state index is 12.5. The first-order chi connectivity index (χ1) is 14.3. The molecule has 0 aliphatic rings. The van der Waals surface area contributed by atoms with E-state index in [1.54, 1.807) is 42.7 Å². The summed E-state index contributed by atoms with van der Waals surface area (Å²) in [5.41, 5.74) is 2.41. The normalized spacial score (nSPS) is 9.94. The molecule has 0 saturated carbocycles. The number of amides is 3. The molecular weight excluding hydrogens is 486 g/mol. The monoisotopic (exact) mass is 505 g/mol. The van der Waals surface area contributed by atoms with Gasteiger partial charge in [0.1, 0.15) is 5.75 Å². The molecule has 10 heteroatoms. The number of rotatable bonds is 5. The number of nitrogens with one attached hydrogen (secondary N) is 2. The molecule has 0 atom stereocenters. The molecule has 2 N–H and O–H groups in total. The smallest absolute Gasteiger partial charge is 0.326 e. The molecule has 3 amide bonds. The van der Waals surface area contributed by atoms with E-state index < -0.39 is 11.9 Å². The average molecular weight is 507 g/mol. The number of imide groups is 1. The minimum atomic E-state index is -0.627. The highest BCUT2D eigenvalue weighted by Crippen LogP contribution is 2.26. The summed E-state index contributed by atoms with van der Waals surface area (Å²) >= 11 is 3.27. The number of ether oxygens (including phenoxy) is 1. The average Bonchev–Trinajstić information content (AvgIpc) is 2.71. The van der Waals surface area contributed by atoms with Crippen LogP contribution in [0.3, 0.4) is 0 Å². The summed E-state index contributed by atoms with van der Waals surface area (Å²) in [6.45, 7) is 1.83. The Morgan fingerprint density at radius 3 is 2.39 bits per heavy atom. The van der Waals surface area contributed by atoms with Crippen LogP contribution in [-0.4, -0.2) is 36.0 Å². The van der Waals surface area contributed by atoms with Gasteiger partial charge in [0.15, 0.2) is 0 Å². The van der Waals surface area contributed by atoms with Gasteiger partial charge in [0.25, 0.3) is 5.91 Å². The van der Waals surface area contributed by atoms with Gasteiger partial charge in [0, 0.05) is 37.9 Å². The van der Waals surface area contributed by atoms with Crippen molar-refractivity contribution in [2.24, 2.45) is 0 Å². The van der Waals surface area contributed by atoms with Crippen molar-refractivity contribution in [2.75, 3.05) is 24.3 Å². The zero-order valence-electron chi connectivity index (χ0n) is 17.0. The molecule has 162 valence electrons. The first-order valence-electron chi connectivity index (χ1n) is 8.98. The molecule has 0 radical (unpaired) electrons. The highest BCUT2D eigenvalue weighted by atomic mass is 79.9. The van der Waals surface area contributed by atoms with E-state index in [1.807, 2.05) is 38.1 Å². The number of carbonyl (C=O) groups excluding carboxylic acids is 2. The topological polar surface area (TPSA) is 96.5 Å². The molecule has 2 aromatic carbocycles. The van der Waals surface area contributed by atoms with Gasteiger partial charge in [-0.3, -0.25) is 10.1 Å². The second-order valence-electron chi connectivity index (χ2n) is 6.59. The summed E-state index contributed by atoms with van der Waals surface area (Å²) in [6, 6.07) is 11.7. The van der Waals surface area contributed by atoms with Gasteiger partial charge >= 0.3 is 12.0 Å². The Bertz CT molecular complexity index is 1080. The molecule has 8 nitrogen and oxygen atoms in total. The molecule has 0 aliphatic heterocycles. The van der Waals surface area contributed by atoms with Crippen molar-refractivity contribution >= 4 is 51.7 Å². The van der Waals surface area contributed by atoms with Gasteiger partial charge in [-0.1, -0.05) is 12.1 Å². The second-order valence-corrected chi connectivity index (χ2v) is 7.50. The van der Waals surface area contributed by atoms with Crippen LogP contribution in [0.2, 0.25) is 0 Å². The summed E-state index contributed by atoms with van der Waals surface area (Å²) < 4.78 is 6.40. The van der Waals surface area contributed by atoms with Crippen LogP contribution in [-0.2, 0) is 0 Å². The number of halogens is 2. The molecule has 3 rings (SSSR count). The summed E-state index contributed by atoms with van der Waals surface area (Å²) in [5.74, 6) is 0.0696. The lowest BCUT2D eigenvalue weighted by Gasteiger charge is -2.16. The van der Waals surface area contributed by atoms with Crippen LogP contribution in [0, 0.1) is 6.92 Å². The summed E-state index contributed by atoms with van der Waals surface area (Å²) in [6.07, 6.45) is 3.17. The highest BCUT2D eigenvalue weighted by Gasteiger charge is 2.15. The van der Waals surface area contributed by atoms with E-state index >= 15 is 0 Å². The number of anilines is 2. The first kappa shape index (κ1) is 24.1. The lowest BCUT2D eigenvalue weighted by atomic mass is 10.1. The number of aryl methyl sites for hydroxylation is 1. The molecule has 31 heavy (non-hydrogen) atoms. The lowest BCUT2D eigenvalue weighted by molar-refractivity contribution is 0.0967. The van der Waals surface area contributed by atoms with Gasteiger partial charge in [-0.25, -0.2) is 14.8 Å². The van der Waals surface area contributed by atoms with E-state index in [0.29, 0.717) is 17.0 Å². The van der Waals surface area contributed by atoms with Gasteiger partial charge in [-0.05, 0) is 58.7 Å². The van der Waals surface area contributed by atoms with Gasteiger partial charge in [-0.2, -0.15) is 0 Å². The molecule has 0 aliphatic carbocycles. The predicted octanol–water partition coefficient (Wildman–Crippen LogP) is 4.79. The van der Waals surface area contributed by atoms with Gasteiger partial charge in [0.05, 0.1) is 10.0 Å². The molecular formula is C21H21BrClN5O3. The van der Waals surface area contributed by atoms with Crippen molar-refractivity contribution in [3.8, 4) is 11.8 Å². The number of hydrogen-bond donors (Lipinski definition) is 2. The number of aromatic nitrogens is 2. The Kier molecular flexibility index (Phi) is 8.35. The summed E-state index contributed by atoms with van der Waals surface area (Å²) in [5, 5.41) is 5.00. The van der Waals surface area contributed by atoms with Crippen molar-refractivity contribution in [3.05, 3.63) is 70.5 Å². The van der Waals surface area contributed by atoms with Crippen LogP contribution < -0.4 is 20.3 Å². The molecule has 0 spiro atoms. The minimum absolute atomic E-state index is 0. The fraction of sp³-hybridized carbons (Fsp3) is 0.143. The van der Waals surface area contributed by atoms with E-state index in [2.05, 4.69) is 36.5 Å². The van der Waals surface area contributed by atoms with E-state index in [1.165, 1.54) is 0 Å². The van der Waals surface area contributed by atoms with E-state index in [0.717, 1.165) is 15.7 Å². The lowest BCUT2D eigenvalue weighted by Crippen LogP contribution is -2.35. The van der Waals surface area contributed by atoms with Crippen molar-refractivity contribution in [3.63, 3.8) is 0 Å². The van der Waals surface area contributed by atoms with Gasteiger partial charge in [-0.15, -0.1) is 12.4 Å². The fourth-order valence-electron chi connectivity index (χ4n) is 2.68. The molecule has 1 heterocycles. The second kappa shape index (κ2) is 10.7. The van der Waals surface area contributed by atoms with Crippen LogP contribution in [0.4, 0.5) is 16.2 Å². The third kappa shape index (κ3) is 6.40. The molecule has 1 aromatic heterocycles. The Morgan fingerprint density at radius 2 is 1.74 bits per heavy atom. The fourth-order valence-corrected chi connectivity index (χ4v) is 2.89. The molecule has 0 unspecified atom stereocenters. The molecule has 0 fully saturated rings. The van der Waals surface area contributed by atoms with Crippen molar-refractivity contribution < 1.29 is 14.3 Å². The van der Waals surface area contributed by atoms with E-state index in [-0.39, 0.29) is 18.4 Å². The molecule has 0 saturated heterocycles. The third-order valence-electron chi connectivity index (χ3n) is 4.09. The van der Waals surface area contributed by atoms with Gasteiger partial charge < -0.3 is 15.0 Å². The number of urea groups is 1. The van der Waals surface area contributed by atoms with E-state index in [4.69, 9.17) is 4.74 Å². The van der Waals surface area contributed by atoms with Crippen LogP contribution in [0.15, 0.2) is 59.3 Å². The molecule has 3 aromatic rings. The maximum Gasteiger partial charge on any atom is 0.326 e. The Morgan fingerprint density at radius 1 is 1.06 bits per heavy atom. The number of carbonyl (C=O) groups is 2. The van der Waals surface area contributed by atoms with Crippen LogP contribution >= 0.6 is 28.3 Å². The van der Waals surface area contributed by atoms with Crippen LogP contribution in [0.25, 0.3) is 0 Å². The number of benzene rings is 2. The Hall–Kier alpha value is -3.17. The van der Waals surface area contributed by atoms with Crippen LogP contribution in [0.1, 0.15) is 15.9 Å². The van der Waals surface area contributed by atoms with E-state index in [9.17, 15) is 9.59 Å². The number of nitrogens with zero attached hydrogens (tertiary/aromatic N) is 3.